The molecule has 1 fully saturated rings. The van der Waals surface area contributed by atoms with E-state index in [0.29, 0.717) is 18.8 Å². The molecule has 1 unspecified atom stereocenters. The van der Waals surface area contributed by atoms with Crippen LogP contribution in [0, 0.1) is 5.95 Å². The van der Waals surface area contributed by atoms with Gasteiger partial charge in [-0.3, -0.25) is 9.69 Å². The topological polar surface area (TPSA) is 59.2 Å². The predicted molar refractivity (Wildman–Crippen MR) is 49.1 cm³/mol. The third kappa shape index (κ3) is 1.58. The van der Waals surface area contributed by atoms with Gasteiger partial charge < -0.3 is 5.73 Å². The van der Waals surface area contributed by atoms with Gasteiger partial charge in [0.05, 0.1) is 0 Å². The zero-order valence-corrected chi connectivity index (χ0v) is 7.48. The molecule has 74 valence electrons. The lowest BCUT2D eigenvalue weighted by atomic mass is 10.3. The summed E-state index contributed by atoms with van der Waals surface area (Å²) >= 11 is 0. The van der Waals surface area contributed by atoms with Crippen molar-refractivity contribution in [3.05, 3.63) is 24.1 Å². The van der Waals surface area contributed by atoms with Crippen LogP contribution in [0.3, 0.4) is 0 Å². The van der Waals surface area contributed by atoms with Crippen LogP contribution in [0.2, 0.25) is 0 Å². The van der Waals surface area contributed by atoms with E-state index in [9.17, 15) is 9.18 Å². The number of halogens is 1. The second kappa shape index (κ2) is 3.34. The monoisotopic (exact) mass is 195 g/mol. The highest BCUT2D eigenvalue weighted by molar-refractivity contribution is 5.95. The summed E-state index contributed by atoms with van der Waals surface area (Å²) in [5.41, 5.74) is 5.61. The molecule has 0 spiro atoms. The Bertz CT molecular complexity index is 369. The van der Waals surface area contributed by atoms with E-state index in [1.54, 1.807) is 6.07 Å². The number of carbonyl (C=O) groups excluding carboxylic acids is 1. The van der Waals surface area contributed by atoms with Crippen molar-refractivity contribution < 1.29 is 9.18 Å². The van der Waals surface area contributed by atoms with Crippen LogP contribution in [-0.2, 0) is 4.79 Å². The van der Waals surface area contributed by atoms with Gasteiger partial charge in [-0.15, -0.1) is 0 Å². The highest BCUT2D eigenvalue weighted by atomic mass is 19.1. The second-order valence-electron chi connectivity index (χ2n) is 3.29. The van der Waals surface area contributed by atoms with Crippen molar-refractivity contribution >= 4 is 11.7 Å². The van der Waals surface area contributed by atoms with Gasteiger partial charge in [0, 0.05) is 19.0 Å². The summed E-state index contributed by atoms with van der Waals surface area (Å²) in [4.78, 5) is 16.4. The Morgan fingerprint density at radius 1 is 1.57 bits per heavy atom. The van der Waals surface area contributed by atoms with Gasteiger partial charge >= 0.3 is 0 Å². The number of hydrogen-bond donors (Lipinski definition) is 1. The molecule has 2 N–H and O–H groups in total. The summed E-state index contributed by atoms with van der Waals surface area (Å²) in [6.07, 6.45) is 0.304. The van der Waals surface area contributed by atoms with Crippen molar-refractivity contribution in [1.82, 2.24) is 4.98 Å². The van der Waals surface area contributed by atoms with Gasteiger partial charge in [0.25, 0.3) is 0 Å². The second-order valence-corrected chi connectivity index (χ2v) is 3.29. The minimum absolute atomic E-state index is 0.101. The smallest absolute Gasteiger partial charge is 0.229 e. The molecule has 1 atom stereocenters. The molecule has 14 heavy (non-hydrogen) atoms. The average molecular weight is 195 g/mol. The van der Waals surface area contributed by atoms with E-state index in [1.807, 2.05) is 0 Å². The number of nitrogens with zero attached hydrogens (tertiary/aromatic N) is 2. The first kappa shape index (κ1) is 9.08. The van der Waals surface area contributed by atoms with Crippen molar-refractivity contribution in [1.29, 1.82) is 0 Å². The number of amides is 1. The molecule has 0 aromatic carbocycles. The van der Waals surface area contributed by atoms with Crippen LogP contribution in [0.25, 0.3) is 0 Å². The summed E-state index contributed by atoms with van der Waals surface area (Å²) < 4.78 is 12.8. The number of rotatable bonds is 1. The molecule has 1 aliphatic heterocycles. The summed E-state index contributed by atoms with van der Waals surface area (Å²) in [5.74, 6) is -0.352. The van der Waals surface area contributed by atoms with Crippen LogP contribution >= 0.6 is 0 Å². The van der Waals surface area contributed by atoms with Crippen LogP contribution in [-0.4, -0.2) is 23.5 Å². The fraction of sp³-hybridized carbons (Fsp3) is 0.333. The molecular formula is C9H10FN3O. The van der Waals surface area contributed by atoms with E-state index in [-0.39, 0.29) is 11.9 Å². The quantitative estimate of drug-likeness (QED) is 0.655. The van der Waals surface area contributed by atoms with E-state index >= 15 is 0 Å². The first-order valence-corrected chi connectivity index (χ1v) is 4.35. The maximum atomic E-state index is 12.8. The number of anilines is 1. The molecule has 1 aromatic rings. The van der Waals surface area contributed by atoms with Crippen LogP contribution in [0.4, 0.5) is 10.2 Å². The minimum Gasteiger partial charge on any atom is -0.326 e. The van der Waals surface area contributed by atoms with E-state index in [2.05, 4.69) is 4.98 Å². The Morgan fingerprint density at radius 2 is 2.36 bits per heavy atom. The zero-order valence-electron chi connectivity index (χ0n) is 7.48. The molecule has 2 rings (SSSR count). The Labute approximate surface area is 80.5 Å². The van der Waals surface area contributed by atoms with E-state index in [0.717, 1.165) is 0 Å². The van der Waals surface area contributed by atoms with Gasteiger partial charge in [-0.2, -0.15) is 4.39 Å². The highest BCUT2D eigenvalue weighted by Crippen LogP contribution is 2.18. The van der Waals surface area contributed by atoms with E-state index in [4.69, 9.17) is 5.73 Å². The molecule has 1 aliphatic rings. The van der Waals surface area contributed by atoms with E-state index in [1.165, 1.54) is 17.0 Å². The molecule has 1 aromatic heterocycles. The minimum atomic E-state index is -0.587. The van der Waals surface area contributed by atoms with Crippen LogP contribution in [0.1, 0.15) is 6.42 Å². The molecular weight excluding hydrogens is 185 g/mol. The zero-order chi connectivity index (χ0) is 10.1. The van der Waals surface area contributed by atoms with Crippen LogP contribution in [0.5, 0.6) is 0 Å². The van der Waals surface area contributed by atoms with Gasteiger partial charge in [0.1, 0.15) is 5.82 Å². The van der Waals surface area contributed by atoms with Crippen molar-refractivity contribution in [3.8, 4) is 0 Å². The van der Waals surface area contributed by atoms with Crippen molar-refractivity contribution in [2.24, 2.45) is 5.73 Å². The fourth-order valence-corrected chi connectivity index (χ4v) is 1.50. The van der Waals surface area contributed by atoms with Crippen LogP contribution in [0.15, 0.2) is 18.2 Å². The van der Waals surface area contributed by atoms with Gasteiger partial charge in [0.15, 0.2) is 0 Å². The van der Waals surface area contributed by atoms with Gasteiger partial charge in [-0.25, -0.2) is 4.98 Å². The molecule has 2 heterocycles. The molecule has 0 radical (unpaired) electrons. The lowest BCUT2D eigenvalue weighted by molar-refractivity contribution is -0.117. The summed E-state index contributed by atoms with van der Waals surface area (Å²) in [5, 5.41) is 0. The Morgan fingerprint density at radius 3 is 2.93 bits per heavy atom. The Balaban J connectivity index is 2.27. The molecule has 1 amide bonds. The van der Waals surface area contributed by atoms with Crippen molar-refractivity contribution in [3.63, 3.8) is 0 Å². The molecule has 0 bridgehead atoms. The molecule has 1 saturated heterocycles. The summed E-state index contributed by atoms with van der Waals surface area (Å²) in [6, 6.07) is 4.19. The predicted octanol–water partition coefficient (Wildman–Crippen LogP) is 0.285. The maximum Gasteiger partial charge on any atom is 0.229 e. The lowest BCUT2D eigenvalue weighted by Crippen LogP contribution is -2.28. The average Bonchev–Trinajstić information content (AvgIpc) is 2.45. The number of aromatic nitrogens is 1. The normalized spacial score (nSPS) is 21.7. The largest absolute Gasteiger partial charge is 0.326 e. The first-order valence-electron chi connectivity index (χ1n) is 4.35. The standard InChI is InChI=1S/C9H10FN3O/c10-7-2-1-3-8(12-7)13-5-6(11)4-9(13)14/h1-3,6H,4-5,11H2. The van der Waals surface area contributed by atoms with E-state index < -0.39 is 5.95 Å². The third-order valence-corrected chi connectivity index (χ3v) is 2.13. The molecule has 0 saturated carbocycles. The summed E-state index contributed by atoms with van der Waals surface area (Å²) in [7, 11) is 0. The maximum absolute atomic E-state index is 12.8. The fourth-order valence-electron chi connectivity index (χ4n) is 1.50. The number of nitrogens with two attached hydrogens (primary N) is 1. The van der Waals surface area contributed by atoms with Crippen molar-refractivity contribution in [2.75, 3.05) is 11.4 Å². The molecule has 0 aliphatic carbocycles. The number of carbonyl (C=O) groups is 1. The lowest BCUT2D eigenvalue weighted by Gasteiger charge is -2.14. The first-order chi connectivity index (χ1) is 6.66. The highest BCUT2D eigenvalue weighted by Gasteiger charge is 2.28. The molecule has 5 heteroatoms. The van der Waals surface area contributed by atoms with Gasteiger partial charge in [-0.1, -0.05) is 6.07 Å². The van der Waals surface area contributed by atoms with Crippen LogP contribution < -0.4 is 10.6 Å². The van der Waals surface area contributed by atoms with Crippen molar-refractivity contribution in [2.45, 2.75) is 12.5 Å². The SMILES string of the molecule is NC1CC(=O)N(c2cccc(F)n2)C1. The number of hydrogen-bond acceptors (Lipinski definition) is 3. The van der Waals surface area contributed by atoms with Gasteiger partial charge in [0.2, 0.25) is 11.9 Å². The number of pyridine rings is 1. The Hall–Kier alpha value is -1.49. The van der Waals surface area contributed by atoms with Gasteiger partial charge in [-0.05, 0) is 12.1 Å². The third-order valence-electron chi connectivity index (χ3n) is 2.13. The molecule has 4 nitrogen and oxygen atoms in total. The Kier molecular flexibility index (Phi) is 2.17. The summed E-state index contributed by atoms with van der Waals surface area (Å²) in [6.45, 7) is 0.412.